The lowest BCUT2D eigenvalue weighted by atomic mass is 10.1. The van der Waals surface area contributed by atoms with Crippen molar-refractivity contribution in [3.05, 3.63) is 90.0 Å². The van der Waals surface area contributed by atoms with E-state index in [9.17, 15) is 14.0 Å². The van der Waals surface area contributed by atoms with Crippen LogP contribution in [-0.2, 0) is 16.2 Å². The first-order chi connectivity index (χ1) is 17.6. The Morgan fingerprint density at radius 1 is 1.08 bits per heavy atom. The third-order valence-electron chi connectivity index (χ3n) is 5.24. The smallest absolute Gasteiger partial charge is 0.270 e. The highest BCUT2D eigenvalue weighted by atomic mass is 79.9. The van der Waals surface area contributed by atoms with E-state index < -0.39 is 17.6 Å². The number of thiocarbonyl (C=S) groups is 1. The standard InChI is InChI=1S/C25H15Br2Cl2FN2O4S/c1-35-19-10-13(20(26)21(27)22(19)36-11-12-6-7-15(28)16(29)8-12)9-14-23(33)31-25(37)32(24(14)34)18-5-3-2-4-17(18)30/h2-10H,11H2,1H3,(H,31,33,37)/b14-9+. The predicted octanol–water partition coefficient (Wildman–Crippen LogP) is 7.08. The van der Waals surface area contributed by atoms with E-state index in [4.69, 9.17) is 44.9 Å². The fourth-order valence-electron chi connectivity index (χ4n) is 3.45. The SMILES string of the molecule is COc1cc(/C=C2\C(=O)NC(=S)N(c3ccccc3F)C2=O)c(Br)c(Br)c1OCc1ccc(Cl)c(Cl)c1. The van der Waals surface area contributed by atoms with E-state index in [-0.39, 0.29) is 23.0 Å². The van der Waals surface area contributed by atoms with Gasteiger partial charge in [0, 0.05) is 4.47 Å². The molecule has 4 rings (SSSR count). The number of anilines is 1. The van der Waals surface area contributed by atoms with Crippen molar-refractivity contribution >= 4 is 96.0 Å². The van der Waals surface area contributed by atoms with Crippen molar-refractivity contribution in [3.63, 3.8) is 0 Å². The molecular weight excluding hydrogens is 674 g/mol. The quantitative estimate of drug-likeness (QED) is 0.170. The van der Waals surface area contributed by atoms with Crippen molar-refractivity contribution in [2.45, 2.75) is 6.61 Å². The number of hydrogen-bond donors (Lipinski definition) is 1. The predicted molar refractivity (Wildman–Crippen MR) is 152 cm³/mol. The lowest BCUT2D eigenvalue weighted by Crippen LogP contribution is -2.54. The third-order valence-corrected chi connectivity index (χ3v) is 8.40. The summed E-state index contributed by atoms with van der Waals surface area (Å²) in [6.45, 7) is 0.161. The number of amides is 2. The molecule has 0 atom stereocenters. The maximum Gasteiger partial charge on any atom is 0.270 e. The summed E-state index contributed by atoms with van der Waals surface area (Å²) in [5.41, 5.74) is 0.869. The summed E-state index contributed by atoms with van der Waals surface area (Å²) < 4.78 is 26.9. The minimum absolute atomic E-state index is 0.0766. The fraction of sp³-hybridized carbons (Fsp3) is 0.0800. The van der Waals surface area contributed by atoms with Crippen LogP contribution in [-0.4, -0.2) is 24.0 Å². The zero-order chi connectivity index (χ0) is 26.9. The fourth-order valence-corrected chi connectivity index (χ4v) is 4.99. The van der Waals surface area contributed by atoms with Gasteiger partial charge >= 0.3 is 0 Å². The molecule has 1 heterocycles. The average Bonchev–Trinajstić information content (AvgIpc) is 2.86. The van der Waals surface area contributed by atoms with Crippen LogP contribution in [0.3, 0.4) is 0 Å². The number of para-hydroxylation sites is 1. The molecule has 1 fully saturated rings. The first kappa shape index (κ1) is 27.5. The summed E-state index contributed by atoms with van der Waals surface area (Å²) in [6, 6.07) is 12.4. The Balaban J connectivity index is 1.70. The first-order valence-electron chi connectivity index (χ1n) is 10.4. The molecule has 190 valence electrons. The molecule has 3 aromatic carbocycles. The molecule has 0 radical (unpaired) electrons. The lowest BCUT2D eigenvalue weighted by molar-refractivity contribution is -0.122. The number of methoxy groups -OCH3 is 1. The molecule has 0 aliphatic carbocycles. The molecule has 0 unspecified atom stereocenters. The van der Waals surface area contributed by atoms with Gasteiger partial charge in [0.1, 0.15) is 18.0 Å². The van der Waals surface area contributed by atoms with Crippen molar-refractivity contribution in [1.82, 2.24) is 5.32 Å². The normalized spacial score (nSPS) is 14.7. The molecule has 0 spiro atoms. The van der Waals surface area contributed by atoms with Crippen LogP contribution >= 0.6 is 67.3 Å². The zero-order valence-electron chi connectivity index (χ0n) is 18.8. The monoisotopic (exact) mass is 686 g/mol. The maximum absolute atomic E-state index is 14.4. The number of carbonyl (C=O) groups is 2. The second kappa shape index (κ2) is 11.5. The molecule has 12 heteroatoms. The Morgan fingerprint density at radius 2 is 1.81 bits per heavy atom. The summed E-state index contributed by atoms with van der Waals surface area (Å²) in [4.78, 5) is 26.9. The van der Waals surface area contributed by atoms with E-state index >= 15 is 0 Å². The highest BCUT2D eigenvalue weighted by Gasteiger charge is 2.36. The Morgan fingerprint density at radius 3 is 2.49 bits per heavy atom. The molecule has 1 N–H and O–H groups in total. The van der Waals surface area contributed by atoms with Crippen molar-refractivity contribution in [3.8, 4) is 11.5 Å². The van der Waals surface area contributed by atoms with Gasteiger partial charge in [0.2, 0.25) is 0 Å². The number of carbonyl (C=O) groups excluding carboxylic acids is 2. The second-order valence-electron chi connectivity index (χ2n) is 7.57. The van der Waals surface area contributed by atoms with Crippen LogP contribution in [0.25, 0.3) is 6.08 Å². The molecular formula is C25H15Br2Cl2FN2O4S. The molecule has 0 saturated carbocycles. The van der Waals surface area contributed by atoms with Gasteiger partial charge in [-0.05, 0) is 91.6 Å². The average molecular weight is 689 g/mol. The van der Waals surface area contributed by atoms with Crippen LogP contribution in [0.1, 0.15) is 11.1 Å². The van der Waals surface area contributed by atoms with Crippen molar-refractivity contribution in [1.29, 1.82) is 0 Å². The molecule has 0 aromatic heterocycles. The molecule has 1 saturated heterocycles. The van der Waals surface area contributed by atoms with Crippen LogP contribution in [0, 0.1) is 5.82 Å². The largest absolute Gasteiger partial charge is 0.493 e. The van der Waals surface area contributed by atoms with Crippen molar-refractivity contribution < 1.29 is 23.5 Å². The van der Waals surface area contributed by atoms with Crippen LogP contribution < -0.4 is 19.7 Å². The zero-order valence-corrected chi connectivity index (χ0v) is 24.3. The second-order valence-corrected chi connectivity index (χ2v) is 10.4. The third kappa shape index (κ3) is 5.68. The Bertz CT molecular complexity index is 1490. The summed E-state index contributed by atoms with van der Waals surface area (Å²) in [7, 11) is 1.45. The van der Waals surface area contributed by atoms with Gasteiger partial charge in [-0.1, -0.05) is 41.4 Å². The highest BCUT2D eigenvalue weighted by Crippen LogP contribution is 2.44. The van der Waals surface area contributed by atoms with Crippen molar-refractivity contribution in [2.24, 2.45) is 0 Å². The molecule has 6 nitrogen and oxygen atoms in total. The maximum atomic E-state index is 14.4. The Labute approximate surface area is 243 Å². The van der Waals surface area contributed by atoms with E-state index in [0.29, 0.717) is 36.1 Å². The van der Waals surface area contributed by atoms with Gasteiger partial charge in [-0.15, -0.1) is 0 Å². The van der Waals surface area contributed by atoms with Crippen LogP contribution in [0.2, 0.25) is 10.0 Å². The number of nitrogens with zero attached hydrogens (tertiary/aromatic N) is 1. The number of benzene rings is 3. The van der Waals surface area contributed by atoms with Crippen LogP contribution in [0.15, 0.2) is 63.0 Å². The van der Waals surface area contributed by atoms with E-state index in [0.717, 1.165) is 10.5 Å². The molecule has 2 amide bonds. The van der Waals surface area contributed by atoms with E-state index in [1.165, 1.54) is 31.4 Å². The van der Waals surface area contributed by atoms with Gasteiger partial charge in [0.05, 0.1) is 27.3 Å². The molecule has 0 bridgehead atoms. The van der Waals surface area contributed by atoms with Gasteiger partial charge in [-0.25, -0.2) is 9.29 Å². The molecule has 3 aromatic rings. The number of rotatable bonds is 6. The summed E-state index contributed by atoms with van der Waals surface area (Å²) in [6.07, 6.45) is 1.35. The summed E-state index contributed by atoms with van der Waals surface area (Å²) in [5.74, 6) is -1.46. The molecule has 37 heavy (non-hydrogen) atoms. The Hall–Kier alpha value is -2.50. The Kier molecular flexibility index (Phi) is 8.55. The lowest BCUT2D eigenvalue weighted by Gasteiger charge is -2.29. The first-order valence-corrected chi connectivity index (χ1v) is 13.2. The highest BCUT2D eigenvalue weighted by molar-refractivity contribution is 9.13. The molecule has 1 aliphatic rings. The number of ether oxygens (including phenoxy) is 2. The number of halogens is 5. The van der Waals surface area contributed by atoms with Gasteiger partial charge in [-0.2, -0.15) is 0 Å². The van der Waals surface area contributed by atoms with Gasteiger partial charge in [0.15, 0.2) is 16.6 Å². The minimum atomic E-state index is -0.777. The number of hydrogen-bond acceptors (Lipinski definition) is 5. The number of nitrogens with one attached hydrogen (secondary N) is 1. The van der Waals surface area contributed by atoms with Crippen LogP contribution in [0.5, 0.6) is 11.5 Å². The van der Waals surface area contributed by atoms with Gasteiger partial charge < -0.3 is 9.47 Å². The van der Waals surface area contributed by atoms with E-state index in [2.05, 4.69) is 37.2 Å². The van der Waals surface area contributed by atoms with E-state index in [1.54, 1.807) is 30.3 Å². The van der Waals surface area contributed by atoms with E-state index in [1.807, 2.05) is 0 Å². The summed E-state index contributed by atoms with van der Waals surface area (Å²) in [5, 5.41) is 3.04. The van der Waals surface area contributed by atoms with Crippen LogP contribution in [0.4, 0.5) is 10.1 Å². The topological polar surface area (TPSA) is 67.9 Å². The van der Waals surface area contributed by atoms with Gasteiger partial charge in [0.25, 0.3) is 11.8 Å². The van der Waals surface area contributed by atoms with Crippen molar-refractivity contribution in [2.75, 3.05) is 12.0 Å². The van der Waals surface area contributed by atoms with Gasteiger partial charge in [-0.3, -0.25) is 14.9 Å². The minimum Gasteiger partial charge on any atom is -0.493 e. The molecule has 1 aliphatic heterocycles. The summed E-state index contributed by atoms with van der Waals surface area (Å²) >= 11 is 24.2.